The average Bonchev–Trinajstić information content (AvgIpc) is 2.57. The number of fused-ring (bicyclic) bond motifs is 1. The second-order valence-electron chi connectivity index (χ2n) is 6.27. The number of hydrogen-bond donors (Lipinski definition) is 0. The first-order valence-electron chi connectivity index (χ1n) is 8.41. The first-order valence-corrected chi connectivity index (χ1v) is 8.41. The fourth-order valence-electron chi connectivity index (χ4n) is 3.36. The molecular formula is C20H24O2. The van der Waals surface area contributed by atoms with Gasteiger partial charge < -0.3 is 4.74 Å². The van der Waals surface area contributed by atoms with Gasteiger partial charge in [-0.3, -0.25) is 4.79 Å². The van der Waals surface area contributed by atoms with Gasteiger partial charge in [-0.05, 0) is 43.7 Å². The zero-order valence-electron chi connectivity index (χ0n) is 13.3. The van der Waals surface area contributed by atoms with Gasteiger partial charge in [-0.25, -0.2) is 0 Å². The molecule has 1 aromatic carbocycles. The second-order valence-corrected chi connectivity index (χ2v) is 6.27. The lowest BCUT2D eigenvalue weighted by atomic mass is 9.78. The molecule has 0 saturated carbocycles. The third-order valence-corrected chi connectivity index (χ3v) is 4.61. The third kappa shape index (κ3) is 3.32. The normalized spacial score (nSPS) is 21.0. The number of Topliss-reactive ketones (excluding diaryl/α,β-unsaturated/α-hetero) is 1. The molecule has 0 bridgehead atoms. The van der Waals surface area contributed by atoms with Crippen LogP contribution in [0.5, 0.6) is 0 Å². The van der Waals surface area contributed by atoms with E-state index in [-0.39, 0.29) is 5.92 Å². The second kappa shape index (κ2) is 6.95. The largest absolute Gasteiger partial charge is 0.498 e. The third-order valence-electron chi connectivity index (χ3n) is 4.61. The highest BCUT2D eigenvalue weighted by atomic mass is 16.5. The first-order chi connectivity index (χ1) is 10.8. The van der Waals surface area contributed by atoms with Crippen LogP contribution >= 0.6 is 0 Å². The van der Waals surface area contributed by atoms with E-state index in [1.807, 2.05) is 18.2 Å². The topological polar surface area (TPSA) is 26.3 Å². The van der Waals surface area contributed by atoms with Crippen LogP contribution in [-0.4, -0.2) is 12.4 Å². The number of carbonyl (C=O) groups is 1. The maximum absolute atomic E-state index is 12.6. The van der Waals surface area contributed by atoms with Crippen molar-refractivity contribution in [2.24, 2.45) is 5.92 Å². The van der Waals surface area contributed by atoms with Crippen molar-refractivity contribution in [1.29, 1.82) is 0 Å². The fraction of sp³-hybridized carbons (Fsp3) is 0.450. The highest BCUT2D eigenvalue weighted by Gasteiger charge is 2.27. The average molecular weight is 296 g/mol. The van der Waals surface area contributed by atoms with Gasteiger partial charge in [0.1, 0.15) is 0 Å². The van der Waals surface area contributed by atoms with Crippen LogP contribution in [0.25, 0.3) is 0 Å². The van der Waals surface area contributed by atoms with Crippen LogP contribution in [0.4, 0.5) is 0 Å². The van der Waals surface area contributed by atoms with Gasteiger partial charge in [-0.15, -0.1) is 0 Å². The number of aryl methyl sites for hydroxylation is 1. The van der Waals surface area contributed by atoms with E-state index in [0.717, 1.165) is 56.5 Å². The summed E-state index contributed by atoms with van der Waals surface area (Å²) >= 11 is 0. The summed E-state index contributed by atoms with van der Waals surface area (Å²) in [6.45, 7) is 2.92. The molecule has 0 aliphatic heterocycles. The van der Waals surface area contributed by atoms with Crippen molar-refractivity contribution < 1.29 is 9.53 Å². The molecular weight excluding hydrogens is 272 g/mol. The van der Waals surface area contributed by atoms with E-state index in [1.54, 1.807) is 0 Å². The number of carbonyl (C=O) groups excluding carboxylic acids is 1. The van der Waals surface area contributed by atoms with E-state index in [0.29, 0.717) is 5.78 Å². The van der Waals surface area contributed by atoms with Crippen molar-refractivity contribution in [2.75, 3.05) is 6.61 Å². The Bertz CT molecular complexity index is 610. The van der Waals surface area contributed by atoms with Gasteiger partial charge in [-0.2, -0.15) is 0 Å². The van der Waals surface area contributed by atoms with E-state index in [2.05, 4.69) is 25.1 Å². The van der Waals surface area contributed by atoms with Gasteiger partial charge in [0.05, 0.1) is 12.4 Å². The Labute approximate surface area is 132 Å². The van der Waals surface area contributed by atoms with Gasteiger partial charge in [0.2, 0.25) is 0 Å². The van der Waals surface area contributed by atoms with Crippen LogP contribution in [0, 0.1) is 5.92 Å². The summed E-state index contributed by atoms with van der Waals surface area (Å²) in [6, 6.07) is 8.07. The molecule has 2 aliphatic rings. The number of allylic oxidation sites excluding steroid dienone is 4. The monoisotopic (exact) mass is 296 g/mol. The summed E-state index contributed by atoms with van der Waals surface area (Å²) in [4.78, 5) is 12.6. The highest BCUT2D eigenvalue weighted by Crippen LogP contribution is 2.32. The van der Waals surface area contributed by atoms with E-state index in [1.165, 1.54) is 11.1 Å². The predicted molar refractivity (Wildman–Crippen MR) is 88.8 cm³/mol. The maximum Gasteiger partial charge on any atom is 0.166 e. The Hall–Kier alpha value is -1.83. The number of benzene rings is 1. The zero-order valence-corrected chi connectivity index (χ0v) is 13.3. The molecule has 0 heterocycles. The number of ether oxygens (including phenoxy) is 1. The molecule has 1 aromatic rings. The molecule has 0 N–H and O–H groups in total. The molecule has 3 rings (SSSR count). The van der Waals surface area contributed by atoms with Crippen LogP contribution in [0.15, 0.2) is 47.7 Å². The molecule has 0 amide bonds. The molecule has 0 saturated heterocycles. The fourth-order valence-corrected chi connectivity index (χ4v) is 3.36. The molecule has 0 spiro atoms. The molecule has 22 heavy (non-hydrogen) atoms. The Balaban J connectivity index is 1.64. The van der Waals surface area contributed by atoms with Crippen molar-refractivity contribution in [3.63, 3.8) is 0 Å². The van der Waals surface area contributed by atoms with Crippen molar-refractivity contribution >= 4 is 5.78 Å². The lowest BCUT2D eigenvalue weighted by molar-refractivity contribution is 0.0900. The minimum Gasteiger partial charge on any atom is -0.498 e. The molecule has 0 fully saturated rings. The van der Waals surface area contributed by atoms with Crippen LogP contribution in [0.3, 0.4) is 0 Å². The van der Waals surface area contributed by atoms with Gasteiger partial charge in [0.15, 0.2) is 5.78 Å². The first kappa shape index (κ1) is 15.1. The van der Waals surface area contributed by atoms with E-state index < -0.39 is 0 Å². The Kier molecular flexibility index (Phi) is 4.77. The zero-order chi connectivity index (χ0) is 15.4. The SMILES string of the molecule is CCCOC1=CC=C(CC2CCc3ccccc3C2=O)CC1. The summed E-state index contributed by atoms with van der Waals surface area (Å²) in [5, 5.41) is 0. The van der Waals surface area contributed by atoms with Crippen LogP contribution < -0.4 is 0 Å². The molecule has 1 unspecified atom stereocenters. The van der Waals surface area contributed by atoms with E-state index in [9.17, 15) is 4.79 Å². The standard InChI is InChI=1S/C20H24O2/c1-2-13-22-18-11-7-15(8-12-18)14-17-10-9-16-5-3-4-6-19(16)20(17)21/h3-7,11,17H,2,8-10,12-14H2,1H3. The van der Waals surface area contributed by atoms with Crippen molar-refractivity contribution in [3.8, 4) is 0 Å². The Morgan fingerprint density at radius 1 is 1.14 bits per heavy atom. The van der Waals surface area contributed by atoms with Crippen LogP contribution in [-0.2, 0) is 11.2 Å². The predicted octanol–water partition coefficient (Wildman–Crippen LogP) is 4.85. The minimum atomic E-state index is 0.160. The summed E-state index contributed by atoms with van der Waals surface area (Å²) in [5.74, 6) is 1.58. The van der Waals surface area contributed by atoms with E-state index >= 15 is 0 Å². The summed E-state index contributed by atoms with van der Waals surface area (Å²) < 4.78 is 5.69. The minimum absolute atomic E-state index is 0.160. The molecule has 2 heteroatoms. The number of rotatable bonds is 5. The Morgan fingerprint density at radius 2 is 2.00 bits per heavy atom. The Morgan fingerprint density at radius 3 is 2.77 bits per heavy atom. The molecule has 2 nitrogen and oxygen atoms in total. The highest BCUT2D eigenvalue weighted by molar-refractivity contribution is 6.00. The number of ketones is 1. The van der Waals surface area contributed by atoms with Gasteiger partial charge in [0, 0.05) is 17.9 Å². The molecule has 2 aliphatic carbocycles. The molecule has 0 radical (unpaired) electrons. The molecule has 0 aromatic heterocycles. The van der Waals surface area contributed by atoms with Gasteiger partial charge >= 0.3 is 0 Å². The van der Waals surface area contributed by atoms with Gasteiger partial charge in [0.25, 0.3) is 0 Å². The van der Waals surface area contributed by atoms with Crippen LogP contribution in [0.1, 0.15) is 54.9 Å². The van der Waals surface area contributed by atoms with E-state index in [4.69, 9.17) is 4.74 Å². The quantitative estimate of drug-likeness (QED) is 0.776. The summed E-state index contributed by atoms with van der Waals surface area (Å²) in [7, 11) is 0. The smallest absolute Gasteiger partial charge is 0.166 e. The van der Waals surface area contributed by atoms with Crippen LogP contribution in [0.2, 0.25) is 0 Å². The lowest BCUT2D eigenvalue weighted by Crippen LogP contribution is -2.23. The summed E-state index contributed by atoms with van der Waals surface area (Å²) in [5.41, 5.74) is 3.55. The molecule has 1 atom stereocenters. The maximum atomic E-state index is 12.6. The number of hydrogen-bond acceptors (Lipinski definition) is 2. The van der Waals surface area contributed by atoms with Crippen molar-refractivity contribution in [2.45, 2.75) is 45.4 Å². The molecule has 116 valence electrons. The summed E-state index contributed by atoms with van der Waals surface area (Å²) in [6.07, 6.45) is 10.2. The van der Waals surface area contributed by atoms with Gasteiger partial charge in [-0.1, -0.05) is 42.8 Å². The van der Waals surface area contributed by atoms with Crippen molar-refractivity contribution in [1.82, 2.24) is 0 Å². The lowest BCUT2D eigenvalue weighted by Gasteiger charge is -2.25. The van der Waals surface area contributed by atoms with Crippen molar-refractivity contribution in [3.05, 3.63) is 58.9 Å².